The zero-order valence-electron chi connectivity index (χ0n) is 12.5. The maximum Gasteiger partial charge on any atom is 0.0259 e. The second-order valence-electron chi connectivity index (χ2n) is 6.58. The molecule has 2 fully saturated rings. The fourth-order valence-electron chi connectivity index (χ4n) is 3.23. The molecule has 18 heavy (non-hydrogen) atoms. The largest absolute Gasteiger partial charge is 0.311 e. The lowest BCUT2D eigenvalue weighted by Gasteiger charge is -2.44. The first-order chi connectivity index (χ1) is 8.54. The molecule has 0 saturated carbocycles. The lowest BCUT2D eigenvalue weighted by Crippen LogP contribution is -2.59. The van der Waals surface area contributed by atoms with Crippen molar-refractivity contribution in [1.29, 1.82) is 0 Å². The van der Waals surface area contributed by atoms with E-state index in [1.807, 2.05) is 0 Å². The monoisotopic (exact) mass is 270 g/mol. The summed E-state index contributed by atoms with van der Waals surface area (Å²) in [5, 5.41) is 3.74. The molecule has 2 rings (SSSR count). The number of nitrogens with zero attached hydrogens (tertiary/aromatic N) is 1. The Bertz CT molecular complexity index is 263. The molecule has 3 heteroatoms. The van der Waals surface area contributed by atoms with Crippen molar-refractivity contribution in [2.24, 2.45) is 5.92 Å². The fourth-order valence-corrected chi connectivity index (χ4v) is 4.55. The Morgan fingerprint density at radius 2 is 2.28 bits per heavy atom. The summed E-state index contributed by atoms with van der Waals surface area (Å²) in [6.07, 6.45) is 4.10. The molecule has 0 bridgehead atoms. The van der Waals surface area contributed by atoms with E-state index in [0.29, 0.717) is 16.8 Å². The van der Waals surface area contributed by atoms with Crippen LogP contribution in [-0.2, 0) is 0 Å². The van der Waals surface area contributed by atoms with Crippen molar-refractivity contribution < 1.29 is 0 Å². The predicted octanol–water partition coefficient (Wildman–Crippen LogP) is 2.98. The maximum atomic E-state index is 3.74. The number of hydrogen-bond donors (Lipinski definition) is 1. The summed E-state index contributed by atoms with van der Waals surface area (Å²) in [7, 11) is 0. The van der Waals surface area contributed by atoms with Crippen molar-refractivity contribution in [3.63, 3.8) is 0 Å². The number of nitrogens with one attached hydrogen (secondary N) is 1. The molecule has 0 aromatic heterocycles. The number of rotatable bonds is 4. The van der Waals surface area contributed by atoms with Crippen LogP contribution in [0.1, 0.15) is 47.0 Å². The van der Waals surface area contributed by atoms with Crippen molar-refractivity contribution in [3.05, 3.63) is 0 Å². The van der Waals surface area contributed by atoms with Crippen LogP contribution in [0.2, 0.25) is 0 Å². The summed E-state index contributed by atoms with van der Waals surface area (Å²) in [6, 6.07) is 1.39. The average molecular weight is 270 g/mol. The quantitative estimate of drug-likeness (QED) is 0.845. The van der Waals surface area contributed by atoms with Gasteiger partial charge in [-0.3, -0.25) is 4.90 Å². The molecule has 2 aliphatic rings. The van der Waals surface area contributed by atoms with Gasteiger partial charge in [-0.2, -0.15) is 11.8 Å². The van der Waals surface area contributed by atoms with Crippen LogP contribution in [0.25, 0.3) is 0 Å². The van der Waals surface area contributed by atoms with E-state index in [-0.39, 0.29) is 0 Å². The SMILES string of the molecule is CCC(C)C1CN(CC2(C)CCCS2)C(C)CN1. The second kappa shape index (κ2) is 6.15. The summed E-state index contributed by atoms with van der Waals surface area (Å²) in [4.78, 5) is 2.74. The van der Waals surface area contributed by atoms with Crippen LogP contribution >= 0.6 is 11.8 Å². The van der Waals surface area contributed by atoms with E-state index >= 15 is 0 Å². The molecular formula is C15H30N2S. The second-order valence-corrected chi connectivity index (χ2v) is 8.26. The summed E-state index contributed by atoms with van der Waals surface area (Å²) in [6.45, 7) is 13.2. The summed E-state index contributed by atoms with van der Waals surface area (Å²) in [5.74, 6) is 2.16. The highest BCUT2D eigenvalue weighted by Crippen LogP contribution is 2.38. The molecule has 106 valence electrons. The van der Waals surface area contributed by atoms with E-state index in [4.69, 9.17) is 0 Å². The molecule has 4 atom stereocenters. The van der Waals surface area contributed by atoms with Gasteiger partial charge in [0.1, 0.15) is 0 Å². The minimum absolute atomic E-state index is 0.519. The van der Waals surface area contributed by atoms with Gasteiger partial charge in [-0.25, -0.2) is 0 Å². The van der Waals surface area contributed by atoms with E-state index in [1.54, 1.807) is 0 Å². The summed E-state index contributed by atoms with van der Waals surface area (Å²) in [5.41, 5.74) is 0. The highest BCUT2D eigenvalue weighted by atomic mass is 32.2. The van der Waals surface area contributed by atoms with Gasteiger partial charge in [0, 0.05) is 36.5 Å². The Balaban J connectivity index is 1.93. The summed E-state index contributed by atoms with van der Waals surface area (Å²) < 4.78 is 0.519. The molecule has 2 heterocycles. The molecule has 0 spiro atoms. The van der Waals surface area contributed by atoms with Gasteiger partial charge in [-0.15, -0.1) is 0 Å². The van der Waals surface area contributed by atoms with E-state index in [0.717, 1.165) is 12.5 Å². The lowest BCUT2D eigenvalue weighted by atomic mass is 9.94. The number of thioether (sulfide) groups is 1. The van der Waals surface area contributed by atoms with Crippen molar-refractivity contribution in [2.75, 3.05) is 25.4 Å². The highest BCUT2D eigenvalue weighted by Gasteiger charge is 2.35. The maximum absolute atomic E-state index is 3.74. The van der Waals surface area contributed by atoms with Crippen molar-refractivity contribution >= 4 is 11.8 Å². The van der Waals surface area contributed by atoms with Crippen LogP contribution in [0.4, 0.5) is 0 Å². The molecule has 0 aliphatic carbocycles. The Morgan fingerprint density at radius 1 is 1.50 bits per heavy atom. The standard InChI is InChI=1S/C15H30N2S/c1-5-12(2)14-10-17(13(3)9-16-14)11-15(4)7-6-8-18-15/h12-14,16H,5-11H2,1-4H3. The first-order valence-electron chi connectivity index (χ1n) is 7.65. The van der Waals surface area contributed by atoms with Gasteiger partial charge in [-0.1, -0.05) is 20.3 Å². The van der Waals surface area contributed by atoms with Crippen molar-refractivity contribution in [3.8, 4) is 0 Å². The van der Waals surface area contributed by atoms with Crippen LogP contribution in [0, 0.1) is 5.92 Å². The van der Waals surface area contributed by atoms with E-state index < -0.39 is 0 Å². The minimum atomic E-state index is 0.519. The lowest BCUT2D eigenvalue weighted by molar-refractivity contribution is 0.109. The zero-order chi connectivity index (χ0) is 13.2. The van der Waals surface area contributed by atoms with Gasteiger partial charge >= 0.3 is 0 Å². The van der Waals surface area contributed by atoms with Gasteiger partial charge in [0.15, 0.2) is 0 Å². The minimum Gasteiger partial charge on any atom is -0.311 e. The van der Waals surface area contributed by atoms with E-state index in [1.165, 1.54) is 38.1 Å². The highest BCUT2D eigenvalue weighted by molar-refractivity contribution is 8.00. The summed E-state index contributed by atoms with van der Waals surface area (Å²) >= 11 is 2.19. The first kappa shape index (κ1) is 14.7. The fraction of sp³-hybridized carbons (Fsp3) is 1.00. The van der Waals surface area contributed by atoms with Crippen LogP contribution in [0.15, 0.2) is 0 Å². The first-order valence-corrected chi connectivity index (χ1v) is 8.64. The Morgan fingerprint density at radius 3 is 2.89 bits per heavy atom. The molecule has 0 radical (unpaired) electrons. The molecule has 2 saturated heterocycles. The molecule has 0 amide bonds. The molecule has 2 nitrogen and oxygen atoms in total. The number of hydrogen-bond acceptors (Lipinski definition) is 3. The zero-order valence-corrected chi connectivity index (χ0v) is 13.4. The smallest absolute Gasteiger partial charge is 0.0259 e. The van der Waals surface area contributed by atoms with E-state index in [2.05, 4.69) is 49.7 Å². The molecular weight excluding hydrogens is 240 g/mol. The van der Waals surface area contributed by atoms with Crippen LogP contribution in [-0.4, -0.2) is 47.1 Å². The molecule has 0 aromatic rings. The average Bonchev–Trinajstić information content (AvgIpc) is 2.78. The van der Waals surface area contributed by atoms with Crippen LogP contribution < -0.4 is 5.32 Å². The van der Waals surface area contributed by atoms with Crippen molar-refractivity contribution in [1.82, 2.24) is 10.2 Å². The molecule has 1 N–H and O–H groups in total. The topological polar surface area (TPSA) is 15.3 Å². The van der Waals surface area contributed by atoms with Crippen LogP contribution in [0.3, 0.4) is 0 Å². The normalized spacial score (nSPS) is 40.0. The van der Waals surface area contributed by atoms with Crippen LogP contribution in [0.5, 0.6) is 0 Å². The predicted molar refractivity (Wildman–Crippen MR) is 82.4 cm³/mol. The Labute approximate surface area is 117 Å². The van der Waals surface area contributed by atoms with Gasteiger partial charge in [0.2, 0.25) is 0 Å². The third-order valence-electron chi connectivity index (χ3n) is 4.90. The van der Waals surface area contributed by atoms with Gasteiger partial charge in [0.05, 0.1) is 0 Å². The van der Waals surface area contributed by atoms with Gasteiger partial charge < -0.3 is 5.32 Å². The third kappa shape index (κ3) is 3.43. The number of piperazine rings is 1. The Kier molecular flexibility index (Phi) is 5.01. The Hall–Kier alpha value is 0.270. The molecule has 0 aromatic carbocycles. The van der Waals surface area contributed by atoms with Gasteiger partial charge in [-0.05, 0) is 38.4 Å². The van der Waals surface area contributed by atoms with Crippen molar-refractivity contribution in [2.45, 2.75) is 63.8 Å². The molecule has 4 unspecified atom stereocenters. The third-order valence-corrected chi connectivity index (χ3v) is 6.42. The molecule has 2 aliphatic heterocycles. The van der Waals surface area contributed by atoms with E-state index in [9.17, 15) is 0 Å². The van der Waals surface area contributed by atoms with Gasteiger partial charge in [0.25, 0.3) is 0 Å².